The summed E-state index contributed by atoms with van der Waals surface area (Å²) in [5.41, 5.74) is 0. The lowest BCUT2D eigenvalue weighted by molar-refractivity contribution is -0.870. The highest BCUT2D eigenvalue weighted by Gasteiger charge is 2.23. The van der Waals surface area contributed by atoms with Crippen LogP contribution in [-0.2, 0) is 18.4 Å². The van der Waals surface area contributed by atoms with Gasteiger partial charge in [-0.2, -0.15) is 0 Å². The first-order chi connectivity index (χ1) is 22.5. The lowest BCUT2D eigenvalue weighted by Crippen LogP contribution is -2.45. The maximum absolute atomic E-state index is 12.1. The number of aliphatic hydroxyl groups is 1. The van der Waals surface area contributed by atoms with Gasteiger partial charge < -0.3 is 28.8 Å². The maximum atomic E-state index is 12.1. The average molecular weight is 691 g/mol. The molecule has 282 valence electrons. The molecule has 0 aromatic carbocycles. The van der Waals surface area contributed by atoms with Gasteiger partial charge in [-0.1, -0.05) is 174 Å². The smallest absolute Gasteiger partial charge is 0.268 e. The number of phosphoric ester groups is 1. The summed E-state index contributed by atoms with van der Waals surface area (Å²) in [5, 5.41) is 13.2. The zero-order valence-corrected chi connectivity index (χ0v) is 32.6. The largest absolute Gasteiger partial charge is 0.756 e. The van der Waals surface area contributed by atoms with Crippen LogP contribution in [0.1, 0.15) is 187 Å². The Hall–Kier alpha value is -0.500. The molecule has 0 fully saturated rings. The van der Waals surface area contributed by atoms with E-state index >= 15 is 0 Å². The van der Waals surface area contributed by atoms with E-state index in [1.165, 1.54) is 155 Å². The van der Waals surface area contributed by atoms with Gasteiger partial charge in [0.1, 0.15) is 13.2 Å². The van der Waals surface area contributed by atoms with Crippen molar-refractivity contribution in [3.63, 3.8) is 0 Å². The first-order valence-corrected chi connectivity index (χ1v) is 21.3. The topological polar surface area (TPSA) is 108 Å². The molecular formula is C38H79N2O6P. The second kappa shape index (κ2) is 31.5. The summed E-state index contributed by atoms with van der Waals surface area (Å²) in [6.45, 7) is 3.81. The number of hydrogen-bond acceptors (Lipinski definition) is 6. The number of carbonyl (C=O) groups is 1. The van der Waals surface area contributed by atoms with Crippen molar-refractivity contribution >= 4 is 13.7 Å². The van der Waals surface area contributed by atoms with Crippen LogP contribution in [0.15, 0.2) is 0 Å². The summed E-state index contributed by atoms with van der Waals surface area (Å²) in [5.74, 6) is -0.339. The molecule has 3 unspecified atom stereocenters. The molecule has 1 amide bonds. The molecule has 0 radical (unpaired) electrons. The number of carbonyl (C=O) groups excluding carboxylic acids is 1. The Balaban J connectivity index is 3.60. The van der Waals surface area contributed by atoms with E-state index in [4.69, 9.17) is 9.05 Å². The Morgan fingerprint density at radius 3 is 1.32 bits per heavy atom. The van der Waals surface area contributed by atoms with Crippen molar-refractivity contribution in [2.45, 2.75) is 199 Å². The average Bonchev–Trinajstić information content (AvgIpc) is 3.00. The first-order valence-electron chi connectivity index (χ1n) is 19.8. The Morgan fingerprint density at radius 1 is 0.660 bits per heavy atom. The zero-order chi connectivity index (χ0) is 35.1. The number of amides is 1. The number of hydrogen-bond donors (Lipinski definition) is 2. The van der Waals surface area contributed by atoms with Crippen LogP contribution in [-0.4, -0.2) is 68.5 Å². The van der Waals surface area contributed by atoms with Crippen LogP contribution in [0.4, 0.5) is 0 Å². The lowest BCUT2D eigenvalue weighted by Gasteiger charge is -2.29. The second-order valence-corrected chi connectivity index (χ2v) is 16.5. The van der Waals surface area contributed by atoms with Crippen LogP contribution in [0.5, 0.6) is 0 Å². The predicted molar refractivity (Wildman–Crippen MR) is 196 cm³/mol. The van der Waals surface area contributed by atoms with E-state index in [9.17, 15) is 19.4 Å². The SMILES string of the molecule is CCCCCCCCCCCCCCCCCCCCCCCCCCCCC(O)C(COP(=O)([O-])OCC[N+](C)(C)C)NC(C)=O. The third-order valence-corrected chi connectivity index (χ3v) is 10.1. The Bertz CT molecular complexity index is 748. The molecule has 2 N–H and O–H groups in total. The van der Waals surface area contributed by atoms with Gasteiger partial charge in [0.05, 0.1) is 39.9 Å². The minimum absolute atomic E-state index is 0.0111. The van der Waals surface area contributed by atoms with E-state index in [1.807, 2.05) is 21.1 Å². The minimum atomic E-state index is -4.51. The van der Waals surface area contributed by atoms with Gasteiger partial charge in [0.15, 0.2) is 0 Å². The van der Waals surface area contributed by atoms with Crippen LogP contribution in [0.2, 0.25) is 0 Å². The molecule has 0 aliphatic carbocycles. The lowest BCUT2D eigenvalue weighted by atomic mass is 10.0. The second-order valence-electron chi connectivity index (χ2n) is 15.1. The molecule has 0 spiro atoms. The Labute approximate surface area is 291 Å². The zero-order valence-electron chi connectivity index (χ0n) is 31.8. The Kier molecular flexibility index (Phi) is 31.1. The van der Waals surface area contributed by atoms with E-state index < -0.39 is 20.0 Å². The van der Waals surface area contributed by atoms with Crippen molar-refractivity contribution in [1.29, 1.82) is 0 Å². The van der Waals surface area contributed by atoms with E-state index in [0.717, 1.165) is 19.3 Å². The highest BCUT2D eigenvalue weighted by Crippen LogP contribution is 2.38. The van der Waals surface area contributed by atoms with Crippen molar-refractivity contribution < 1.29 is 32.9 Å². The highest BCUT2D eigenvalue weighted by molar-refractivity contribution is 7.45. The standard InChI is InChI=1S/C38H79N2O6P/c1-6-7-8-9-10-11-12-13-14-15-16-17-18-19-20-21-22-23-24-25-26-27-28-29-30-31-32-38(42)37(39-36(2)41)35-46-47(43,44)45-34-33-40(3,4)5/h37-38,42H,6-35H2,1-5H3,(H-,39,41,43,44). The maximum Gasteiger partial charge on any atom is 0.268 e. The summed E-state index contributed by atoms with van der Waals surface area (Å²) in [6, 6.07) is -0.795. The molecule has 0 saturated carbocycles. The minimum Gasteiger partial charge on any atom is -0.756 e. The number of quaternary nitrogens is 1. The molecule has 9 heteroatoms. The molecule has 0 heterocycles. The third-order valence-electron chi connectivity index (χ3n) is 9.13. The van der Waals surface area contributed by atoms with Crippen molar-refractivity contribution in [2.75, 3.05) is 40.9 Å². The van der Waals surface area contributed by atoms with Crippen molar-refractivity contribution in [3.05, 3.63) is 0 Å². The van der Waals surface area contributed by atoms with Gasteiger partial charge in [-0.15, -0.1) is 0 Å². The quantitative estimate of drug-likeness (QED) is 0.0385. The van der Waals surface area contributed by atoms with E-state index in [1.54, 1.807) is 0 Å². The molecule has 0 bridgehead atoms. The van der Waals surface area contributed by atoms with Gasteiger partial charge in [0.25, 0.3) is 7.82 Å². The van der Waals surface area contributed by atoms with Crippen molar-refractivity contribution in [3.8, 4) is 0 Å². The number of nitrogens with one attached hydrogen (secondary N) is 1. The van der Waals surface area contributed by atoms with Gasteiger partial charge in [-0.3, -0.25) is 9.36 Å². The molecule has 0 rings (SSSR count). The normalized spacial score (nSPS) is 14.6. The van der Waals surface area contributed by atoms with Gasteiger partial charge in [0.2, 0.25) is 5.91 Å². The molecule has 0 aromatic heterocycles. The van der Waals surface area contributed by atoms with Gasteiger partial charge in [-0.05, 0) is 6.42 Å². The molecule has 0 aliphatic heterocycles. The summed E-state index contributed by atoms with van der Waals surface area (Å²) < 4.78 is 22.6. The summed E-state index contributed by atoms with van der Waals surface area (Å²) in [6.07, 6.45) is 34.7. The predicted octanol–water partition coefficient (Wildman–Crippen LogP) is 9.61. The summed E-state index contributed by atoms with van der Waals surface area (Å²) in [4.78, 5) is 23.7. The van der Waals surface area contributed by atoms with E-state index in [0.29, 0.717) is 17.4 Å². The van der Waals surface area contributed by atoms with E-state index in [-0.39, 0.29) is 19.1 Å². The van der Waals surface area contributed by atoms with Gasteiger partial charge >= 0.3 is 0 Å². The molecule has 8 nitrogen and oxygen atoms in total. The van der Waals surface area contributed by atoms with Crippen molar-refractivity contribution in [1.82, 2.24) is 5.32 Å². The fraction of sp³-hybridized carbons (Fsp3) is 0.974. The molecule has 3 atom stereocenters. The number of phosphoric acid groups is 1. The number of aliphatic hydroxyl groups excluding tert-OH is 1. The molecule has 0 aromatic rings. The Morgan fingerprint density at radius 2 is 1.00 bits per heavy atom. The number of unbranched alkanes of at least 4 members (excludes halogenated alkanes) is 25. The van der Waals surface area contributed by atoms with Crippen LogP contribution in [0, 0.1) is 0 Å². The van der Waals surface area contributed by atoms with Crippen LogP contribution >= 0.6 is 7.82 Å². The summed E-state index contributed by atoms with van der Waals surface area (Å²) >= 11 is 0. The first kappa shape index (κ1) is 46.5. The third kappa shape index (κ3) is 35.1. The molecule has 0 aliphatic rings. The summed E-state index contributed by atoms with van der Waals surface area (Å²) in [7, 11) is 1.30. The fourth-order valence-electron chi connectivity index (χ4n) is 6.02. The molecule has 47 heavy (non-hydrogen) atoms. The van der Waals surface area contributed by atoms with Crippen LogP contribution in [0.3, 0.4) is 0 Å². The van der Waals surface area contributed by atoms with Gasteiger partial charge in [0, 0.05) is 6.92 Å². The number of nitrogens with zero attached hydrogens (tertiary/aromatic N) is 1. The highest BCUT2D eigenvalue weighted by atomic mass is 31.2. The molecular weight excluding hydrogens is 611 g/mol. The molecule has 0 saturated heterocycles. The number of rotatable bonds is 36. The van der Waals surface area contributed by atoms with Crippen LogP contribution in [0.25, 0.3) is 0 Å². The van der Waals surface area contributed by atoms with E-state index in [2.05, 4.69) is 12.2 Å². The van der Waals surface area contributed by atoms with Crippen LogP contribution < -0.4 is 10.2 Å². The van der Waals surface area contributed by atoms with Crippen molar-refractivity contribution in [2.24, 2.45) is 0 Å². The van der Waals surface area contributed by atoms with Gasteiger partial charge in [-0.25, -0.2) is 0 Å². The number of likely N-dealkylation sites (N-methyl/N-ethyl adjacent to an activating group) is 1. The fourth-order valence-corrected chi connectivity index (χ4v) is 6.74. The monoisotopic (exact) mass is 691 g/mol.